The molecule has 200 valence electrons. The second kappa shape index (κ2) is 10.5. The number of nitrogens with zero attached hydrogens (tertiary/aromatic N) is 4. The van der Waals surface area contributed by atoms with E-state index in [0.717, 1.165) is 16.3 Å². The number of benzene rings is 2. The van der Waals surface area contributed by atoms with Crippen molar-refractivity contribution in [2.75, 3.05) is 31.1 Å². The van der Waals surface area contributed by atoms with Gasteiger partial charge in [-0.05, 0) is 30.2 Å². The molecule has 37 heavy (non-hydrogen) atoms. The van der Waals surface area contributed by atoms with Crippen molar-refractivity contribution in [3.05, 3.63) is 53.0 Å². The fraction of sp³-hybridized carbons (Fsp3) is 0.391. The Kier molecular flexibility index (Phi) is 8.00. The second-order valence-electron chi connectivity index (χ2n) is 8.62. The smallest absolute Gasteiger partial charge is 0.475 e. The van der Waals surface area contributed by atoms with Crippen molar-refractivity contribution < 1.29 is 41.0 Å². The van der Waals surface area contributed by atoms with Gasteiger partial charge in [-0.1, -0.05) is 53.8 Å². The highest BCUT2D eigenvalue weighted by molar-refractivity contribution is 7.15. The number of carbonyl (C=O) groups is 2. The molecule has 14 heteroatoms. The third-order valence-electron chi connectivity index (χ3n) is 5.73. The number of hydrogen-bond acceptors (Lipinski definition) is 6. The van der Waals surface area contributed by atoms with Crippen molar-refractivity contribution >= 4 is 39.1 Å². The Bertz CT molecular complexity index is 1260. The number of hydrogen-bond donors (Lipinski definition) is 1. The molecule has 2 heterocycles. The molecule has 0 atom stereocenters. The van der Waals surface area contributed by atoms with E-state index in [1.165, 1.54) is 0 Å². The molecule has 2 aromatic carbocycles. The summed E-state index contributed by atoms with van der Waals surface area (Å²) in [6.45, 7) is 5.53. The molecule has 0 radical (unpaired) electrons. The van der Waals surface area contributed by atoms with Gasteiger partial charge in [-0.2, -0.15) is 26.3 Å². The third kappa shape index (κ3) is 6.48. The first-order valence-electron chi connectivity index (χ1n) is 10.9. The quantitative estimate of drug-likeness (QED) is 0.466. The zero-order chi connectivity index (χ0) is 27.6. The normalized spacial score (nSPS) is 14.8. The largest absolute Gasteiger partial charge is 0.490 e. The molecule has 1 saturated heterocycles. The van der Waals surface area contributed by atoms with E-state index in [-0.39, 0.29) is 11.0 Å². The van der Waals surface area contributed by atoms with Gasteiger partial charge in [-0.3, -0.25) is 4.79 Å². The summed E-state index contributed by atoms with van der Waals surface area (Å²) >= 11 is 0.535. The average molecular weight is 549 g/mol. The summed E-state index contributed by atoms with van der Waals surface area (Å²) in [6.07, 6.45) is -9.57. The summed E-state index contributed by atoms with van der Waals surface area (Å²) in [5.41, 5.74) is 0.238. The molecule has 0 spiro atoms. The van der Waals surface area contributed by atoms with Crippen LogP contribution in [-0.4, -0.2) is 64.4 Å². The third-order valence-corrected chi connectivity index (χ3v) is 6.76. The predicted molar refractivity (Wildman–Crippen MR) is 124 cm³/mol. The van der Waals surface area contributed by atoms with E-state index in [0.29, 0.717) is 37.5 Å². The van der Waals surface area contributed by atoms with Gasteiger partial charge in [0.05, 0.1) is 5.41 Å². The highest BCUT2D eigenvalue weighted by Gasteiger charge is 2.39. The molecule has 1 N–H and O–H groups in total. The number of aromatic nitrogens is 2. The Morgan fingerprint density at radius 1 is 0.892 bits per heavy atom. The highest BCUT2D eigenvalue weighted by atomic mass is 32.1. The fourth-order valence-electron chi connectivity index (χ4n) is 3.84. The first-order chi connectivity index (χ1) is 17.1. The van der Waals surface area contributed by atoms with Crippen LogP contribution in [0.4, 0.5) is 31.5 Å². The van der Waals surface area contributed by atoms with Gasteiger partial charge in [0.15, 0.2) is 0 Å². The van der Waals surface area contributed by atoms with Crippen LogP contribution in [0.5, 0.6) is 0 Å². The first-order valence-corrected chi connectivity index (χ1v) is 11.7. The van der Waals surface area contributed by atoms with E-state index in [9.17, 15) is 31.1 Å². The van der Waals surface area contributed by atoms with Crippen LogP contribution in [0.1, 0.15) is 24.4 Å². The summed E-state index contributed by atoms with van der Waals surface area (Å²) in [5.74, 6) is -2.75. The standard InChI is InChI=1S/C21H21F3N4OS.C2HF3O2/c1-20(2,16-9-5-7-14-6-3-4-8-15(14)16)18(29)27-10-12-28(13-11-27)19-26-25-17(30-19)21(22,23)24;3-2(4,5)1(6)7/h3-9H,10-13H2,1-2H3;(H,6,7). The van der Waals surface area contributed by atoms with Gasteiger partial charge in [0.25, 0.3) is 0 Å². The van der Waals surface area contributed by atoms with Crippen LogP contribution < -0.4 is 4.90 Å². The lowest BCUT2D eigenvalue weighted by atomic mass is 9.80. The van der Waals surface area contributed by atoms with Crippen LogP contribution in [0.15, 0.2) is 42.5 Å². The maximum atomic E-state index is 13.4. The summed E-state index contributed by atoms with van der Waals surface area (Å²) in [6, 6.07) is 13.9. The number of piperazine rings is 1. The Morgan fingerprint density at radius 3 is 2.00 bits per heavy atom. The van der Waals surface area contributed by atoms with Crippen LogP contribution in [0, 0.1) is 0 Å². The number of anilines is 1. The van der Waals surface area contributed by atoms with E-state index in [1.54, 1.807) is 9.80 Å². The number of amides is 1. The number of aliphatic carboxylic acids is 1. The molecular formula is C23H22F6N4O3S. The minimum absolute atomic E-state index is 0.00625. The summed E-state index contributed by atoms with van der Waals surface area (Å²) in [7, 11) is 0. The lowest BCUT2D eigenvalue weighted by Gasteiger charge is -2.38. The Morgan fingerprint density at radius 2 is 1.46 bits per heavy atom. The minimum Gasteiger partial charge on any atom is -0.475 e. The minimum atomic E-state index is -5.08. The molecule has 0 unspecified atom stereocenters. The van der Waals surface area contributed by atoms with Gasteiger partial charge in [0.2, 0.25) is 16.0 Å². The maximum Gasteiger partial charge on any atom is 0.490 e. The number of halogens is 6. The average Bonchev–Trinajstić information content (AvgIpc) is 3.34. The zero-order valence-electron chi connectivity index (χ0n) is 19.6. The fourth-order valence-corrected chi connectivity index (χ4v) is 4.60. The summed E-state index contributed by atoms with van der Waals surface area (Å²) in [4.78, 5) is 25.8. The van der Waals surface area contributed by atoms with Crippen molar-refractivity contribution in [3.63, 3.8) is 0 Å². The molecule has 1 amide bonds. The molecule has 4 rings (SSSR count). The molecule has 0 aliphatic carbocycles. The molecule has 1 aliphatic rings. The van der Waals surface area contributed by atoms with Crippen molar-refractivity contribution in [1.29, 1.82) is 0 Å². The molecule has 1 aliphatic heterocycles. The number of carboxylic acids is 1. The zero-order valence-corrected chi connectivity index (χ0v) is 20.4. The topological polar surface area (TPSA) is 86.6 Å². The van der Waals surface area contributed by atoms with Crippen LogP contribution in [-0.2, 0) is 21.2 Å². The lowest BCUT2D eigenvalue weighted by molar-refractivity contribution is -0.192. The van der Waals surface area contributed by atoms with Crippen molar-refractivity contribution in [2.24, 2.45) is 0 Å². The Labute approximate surface area is 211 Å². The van der Waals surface area contributed by atoms with E-state index in [2.05, 4.69) is 10.2 Å². The molecule has 0 bridgehead atoms. The molecule has 0 saturated carbocycles. The van der Waals surface area contributed by atoms with Gasteiger partial charge < -0.3 is 14.9 Å². The van der Waals surface area contributed by atoms with E-state index >= 15 is 0 Å². The van der Waals surface area contributed by atoms with Crippen molar-refractivity contribution in [2.45, 2.75) is 31.6 Å². The molecular weight excluding hydrogens is 526 g/mol. The highest BCUT2D eigenvalue weighted by Crippen LogP contribution is 2.35. The van der Waals surface area contributed by atoms with Crippen LogP contribution in [0.3, 0.4) is 0 Å². The molecule has 3 aromatic rings. The van der Waals surface area contributed by atoms with Gasteiger partial charge in [0, 0.05) is 26.2 Å². The van der Waals surface area contributed by atoms with Crippen LogP contribution >= 0.6 is 11.3 Å². The van der Waals surface area contributed by atoms with Crippen molar-refractivity contribution in [3.8, 4) is 0 Å². The van der Waals surface area contributed by atoms with Gasteiger partial charge in [0.1, 0.15) is 0 Å². The van der Waals surface area contributed by atoms with Gasteiger partial charge in [-0.25, -0.2) is 4.79 Å². The lowest BCUT2D eigenvalue weighted by Crippen LogP contribution is -2.53. The second-order valence-corrected chi connectivity index (χ2v) is 9.58. The number of carboxylic acid groups (broad SMARTS) is 1. The van der Waals surface area contributed by atoms with Crippen molar-refractivity contribution in [1.82, 2.24) is 15.1 Å². The van der Waals surface area contributed by atoms with E-state index in [1.807, 2.05) is 56.3 Å². The Balaban J connectivity index is 0.000000479. The summed E-state index contributed by atoms with van der Waals surface area (Å²) in [5, 5.41) is 15.5. The monoisotopic (exact) mass is 548 g/mol. The van der Waals surface area contributed by atoms with E-state index in [4.69, 9.17) is 9.90 Å². The van der Waals surface area contributed by atoms with Gasteiger partial charge in [-0.15, -0.1) is 10.2 Å². The number of alkyl halides is 6. The van der Waals surface area contributed by atoms with Crippen LogP contribution in [0.2, 0.25) is 0 Å². The SMILES string of the molecule is CC(C)(C(=O)N1CCN(c2nnc(C(F)(F)F)s2)CC1)c1cccc2ccccc12.O=C(O)C(F)(F)F. The van der Waals surface area contributed by atoms with E-state index < -0.39 is 28.7 Å². The van der Waals surface area contributed by atoms with Gasteiger partial charge >= 0.3 is 18.3 Å². The number of fused-ring (bicyclic) bond motifs is 1. The summed E-state index contributed by atoms with van der Waals surface area (Å²) < 4.78 is 70.1. The first kappa shape index (κ1) is 28.2. The number of carbonyl (C=O) groups excluding carboxylic acids is 1. The molecule has 1 fully saturated rings. The van der Waals surface area contributed by atoms with Crippen LogP contribution in [0.25, 0.3) is 10.8 Å². The Hall–Kier alpha value is -3.42. The molecule has 1 aromatic heterocycles. The number of rotatable bonds is 3. The molecule has 7 nitrogen and oxygen atoms in total. The predicted octanol–water partition coefficient (Wildman–Crippen LogP) is 4.97. The maximum absolute atomic E-state index is 13.4.